The molecule has 162 valence electrons. The molecule has 0 aliphatic carbocycles. The summed E-state index contributed by atoms with van der Waals surface area (Å²) in [4.78, 5) is 19.0. The van der Waals surface area contributed by atoms with E-state index in [1.807, 2.05) is 6.07 Å². The first-order valence-electron chi connectivity index (χ1n) is 9.61. The van der Waals surface area contributed by atoms with Crippen LogP contribution in [0.3, 0.4) is 0 Å². The highest BCUT2D eigenvalue weighted by Gasteiger charge is 2.31. The third-order valence-corrected chi connectivity index (χ3v) is 4.81. The van der Waals surface area contributed by atoms with Gasteiger partial charge < -0.3 is 14.4 Å². The lowest BCUT2D eigenvalue weighted by Gasteiger charge is -2.19. The average Bonchev–Trinajstić information content (AvgIpc) is 2.92. The van der Waals surface area contributed by atoms with Gasteiger partial charge in [-0.05, 0) is 47.5 Å². The number of rotatable bonds is 4. The van der Waals surface area contributed by atoms with Crippen molar-refractivity contribution in [3.63, 3.8) is 0 Å². The second kappa shape index (κ2) is 8.59. The number of benzene rings is 2. The van der Waals surface area contributed by atoms with Crippen molar-refractivity contribution in [1.29, 1.82) is 5.26 Å². The number of halogens is 3. The Morgan fingerprint density at radius 1 is 1.09 bits per heavy atom. The summed E-state index contributed by atoms with van der Waals surface area (Å²) in [6.45, 7) is 0.842. The SMILES string of the molecule is N#Cc1cccc(CN2CCOc3ccc(-c4ccc(OC(F)(F)F)cc4)cc3C2=O)n1. The van der Waals surface area contributed by atoms with Gasteiger partial charge in [0.05, 0.1) is 24.3 Å². The number of carbonyl (C=O) groups is 1. The second-order valence-electron chi connectivity index (χ2n) is 6.98. The van der Waals surface area contributed by atoms with Crippen LogP contribution < -0.4 is 9.47 Å². The Morgan fingerprint density at radius 3 is 2.56 bits per heavy atom. The number of fused-ring (bicyclic) bond motifs is 1. The first-order valence-corrected chi connectivity index (χ1v) is 9.61. The predicted molar refractivity (Wildman–Crippen MR) is 108 cm³/mol. The number of hydrogen-bond acceptors (Lipinski definition) is 5. The van der Waals surface area contributed by atoms with E-state index in [-0.39, 0.29) is 23.9 Å². The summed E-state index contributed by atoms with van der Waals surface area (Å²) in [5.41, 5.74) is 2.45. The summed E-state index contributed by atoms with van der Waals surface area (Å²) >= 11 is 0. The van der Waals surface area contributed by atoms with Gasteiger partial charge in [-0.1, -0.05) is 24.3 Å². The van der Waals surface area contributed by atoms with Crippen LogP contribution in [-0.2, 0) is 6.54 Å². The number of amides is 1. The minimum atomic E-state index is -4.76. The topological polar surface area (TPSA) is 75.5 Å². The first-order chi connectivity index (χ1) is 15.3. The Labute approximate surface area is 181 Å². The zero-order chi connectivity index (χ0) is 22.7. The fourth-order valence-corrected chi connectivity index (χ4v) is 3.37. The Hall–Kier alpha value is -4.06. The number of nitriles is 1. The number of ether oxygens (including phenoxy) is 2. The number of nitrogens with zero attached hydrogens (tertiary/aromatic N) is 3. The largest absolute Gasteiger partial charge is 0.573 e. The van der Waals surface area contributed by atoms with Crippen molar-refractivity contribution in [1.82, 2.24) is 9.88 Å². The van der Waals surface area contributed by atoms with Crippen LogP contribution >= 0.6 is 0 Å². The van der Waals surface area contributed by atoms with E-state index in [0.717, 1.165) is 0 Å². The first kappa shape index (κ1) is 21.2. The van der Waals surface area contributed by atoms with E-state index in [4.69, 9.17) is 10.00 Å². The van der Waals surface area contributed by atoms with Gasteiger partial charge >= 0.3 is 6.36 Å². The van der Waals surface area contributed by atoms with Gasteiger partial charge in [0.25, 0.3) is 5.91 Å². The Bertz CT molecular complexity index is 1190. The highest BCUT2D eigenvalue weighted by Crippen LogP contribution is 2.31. The molecule has 2 aromatic carbocycles. The van der Waals surface area contributed by atoms with Crippen LogP contribution in [0.5, 0.6) is 11.5 Å². The van der Waals surface area contributed by atoms with Crippen molar-refractivity contribution in [3.8, 4) is 28.7 Å². The third-order valence-electron chi connectivity index (χ3n) is 4.81. The molecule has 0 atom stereocenters. The van der Waals surface area contributed by atoms with Crippen molar-refractivity contribution in [3.05, 3.63) is 77.6 Å². The molecule has 1 aromatic heterocycles. The number of hydrogen-bond donors (Lipinski definition) is 0. The van der Waals surface area contributed by atoms with Crippen molar-refractivity contribution < 1.29 is 27.4 Å². The minimum absolute atomic E-state index is 0.213. The molecule has 2 heterocycles. The van der Waals surface area contributed by atoms with Crippen molar-refractivity contribution in [2.24, 2.45) is 0 Å². The monoisotopic (exact) mass is 439 g/mol. The standard InChI is InChI=1S/C23H16F3N3O3/c24-23(25,26)32-19-7-4-15(5-8-19)16-6-9-21-20(12-16)22(30)29(10-11-31-21)14-18-3-1-2-17(13-27)28-18/h1-9,12H,10-11,14H2. The van der Waals surface area contributed by atoms with Gasteiger partial charge in [-0.2, -0.15) is 5.26 Å². The molecule has 1 aliphatic rings. The maximum Gasteiger partial charge on any atom is 0.573 e. The van der Waals surface area contributed by atoms with Gasteiger partial charge in [-0.15, -0.1) is 13.2 Å². The second-order valence-corrected chi connectivity index (χ2v) is 6.98. The maximum absolute atomic E-state index is 13.2. The number of pyridine rings is 1. The molecule has 6 nitrogen and oxygen atoms in total. The van der Waals surface area contributed by atoms with Crippen LogP contribution in [0.15, 0.2) is 60.7 Å². The van der Waals surface area contributed by atoms with Gasteiger partial charge in [0.15, 0.2) is 0 Å². The van der Waals surface area contributed by atoms with Crippen LogP contribution in [0.2, 0.25) is 0 Å². The summed E-state index contributed by atoms with van der Waals surface area (Å²) in [6.07, 6.45) is -4.76. The summed E-state index contributed by atoms with van der Waals surface area (Å²) in [6, 6.07) is 17.5. The third kappa shape index (κ3) is 4.81. The summed E-state index contributed by atoms with van der Waals surface area (Å²) < 4.78 is 46.7. The highest BCUT2D eigenvalue weighted by atomic mass is 19.4. The van der Waals surface area contributed by atoms with Crippen LogP contribution in [-0.4, -0.2) is 35.3 Å². The van der Waals surface area contributed by atoms with Crippen LogP contribution in [0.25, 0.3) is 11.1 Å². The Kier molecular flexibility index (Phi) is 5.69. The normalized spacial score (nSPS) is 13.6. The fourth-order valence-electron chi connectivity index (χ4n) is 3.37. The van der Waals surface area contributed by atoms with E-state index >= 15 is 0 Å². The Morgan fingerprint density at radius 2 is 1.84 bits per heavy atom. The van der Waals surface area contributed by atoms with E-state index in [1.54, 1.807) is 41.3 Å². The van der Waals surface area contributed by atoms with E-state index in [1.165, 1.54) is 24.3 Å². The molecule has 0 radical (unpaired) electrons. The van der Waals surface area contributed by atoms with Crippen LogP contribution in [0.4, 0.5) is 13.2 Å². The molecule has 32 heavy (non-hydrogen) atoms. The van der Waals surface area contributed by atoms with Crippen molar-refractivity contribution in [2.45, 2.75) is 12.9 Å². The lowest BCUT2D eigenvalue weighted by atomic mass is 10.0. The smallest absolute Gasteiger partial charge is 0.491 e. The van der Waals surface area contributed by atoms with Gasteiger partial charge in [0.2, 0.25) is 0 Å². The van der Waals surface area contributed by atoms with Gasteiger partial charge in [-0.25, -0.2) is 4.98 Å². The lowest BCUT2D eigenvalue weighted by molar-refractivity contribution is -0.274. The molecule has 0 unspecified atom stereocenters. The molecule has 0 spiro atoms. The molecule has 0 N–H and O–H groups in total. The van der Waals surface area contributed by atoms with Crippen molar-refractivity contribution in [2.75, 3.05) is 13.2 Å². The average molecular weight is 439 g/mol. The molecule has 0 saturated heterocycles. The van der Waals surface area contributed by atoms with E-state index < -0.39 is 6.36 Å². The summed E-state index contributed by atoms with van der Waals surface area (Å²) in [7, 11) is 0. The number of carbonyl (C=O) groups excluding carboxylic acids is 1. The lowest BCUT2D eigenvalue weighted by Crippen LogP contribution is -2.32. The molecule has 9 heteroatoms. The molecule has 3 aromatic rings. The quantitative estimate of drug-likeness (QED) is 0.596. The van der Waals surface area contributed by atoms with Crippen molar-refractivity contribution >= 4 is 5.91 Å². The van der Waals surface area contributed by atoms with E-state index in [0.29, 0.717) is 41.3 Å². The van der Waals surface area contributed by atoms with Gasteiger partial charge in [-0.3, -0.25) is 4.79 Å². The molecule has 0 bridgehead atoms. The molecule has 0 saturated carbocycles. The van der Waals surface area contributed by atoms with Gasteiger partial charge in [0.1, 0.15) is 29.9 Å². The predicted octanol–water partition coefficient (Wildman–Crippen LogP) is 4.55. The maximum atomic E-state index is 13.2. The van der Waals surface area contributed by atoms with E-state index in [2.05, 4.69) is 9.72 Å². The molecular formula is C23H16F3N3O3. The Balaban J connectivity index is 1.59. The molecule has 1 amide bonds. The fraction of sp³-hybridized carbons (Fsp3) is 0.174. The van der Waals surface area contributed by atoms with Crippen LogP contribution in [0, 0.1) is 11.3 Å². The number of alkyl halides is 3. The zero-order valence-electron chi connectivity index (χ0n) is 16.6. The highest BCUT2D eigenvalue weighted by molar-refractivity contribution is 5.98. The molecule has 4 rings (SSSR count). The number of aromatic nitrogens is 1. The van der Waals surface area contributed by atoms with E-state index in [9.17, 15) is 18.0 Å². The summed E-state index contributed by atoms with van der Waals surface area (Å²) in [5.74, 6) is -0.161. The minimum Gasteiger partial charge on any atom is -0.491 e. The molecule has 1 aliphatic heterocycles. The molecular weight excluding hydrogens is 423 g/mol. The van der Waals surface area contributed by atoms with Crippen LogP contribution in [0.1, 0.15) is 21.7 Å². The zero-order valence-corrected chi connectivity index (χ0v) is 16.6. The van der Waals surface area contributed by atoms with Gasteiger partial charge in [0, 0.05) is 0 Å². The molecule has 0 fully saturated rings. The summed E-state index contributed by atoms with van der Waals surface area (Å²) in [5, 5.41) is 9.03.